The summed E-state index contributed by atoms with van der Waals surface area (Å²) in [6.45, 7) is 17.7. The van der Waals surface area contributed by atoms with E-state index in [4.69, 9.17) is 9.31 Å². The van der Waals surface area contributed by atoms with Gasteiger partial charge in [0, 0.05) is 105 Å². The van der Waals surface area contributed by atoms with Gasteiger partial charge in [0.1, 0.15) is 25.1 Å². The molecule has 0 spiro atoms. The van der Waals surface area contributed by atoms with E-state index in [1.165, 1.54) is 66.8 Å². The minimum Gasteiger partial charge on any atom is -0.399 e. The summed E-state index contributed by atoms with van der Waals surface area (Å²) in [6.07, 6.45) is 3.45. The number of hydrogen-bond acceptors (Lipinski definition) is 8. The van der Waals surface area contributed by atoms with Crippen molar-refractivity contribution in [3.63, 3.8) is 0 Å². The average Bonchev–Trinajstić information content (AvgIpc) is 1.60. The number of fused-ring (bicyclic) bond motifs is 12. The van der Waals surface area contributed by atoms with Gasteiger partial charge in [-0.3, -0.25) is 19.2 Å². The van der Waals surface area contributed by atoms with Crippen molar-refractivity contribution in [2.75, 3.05) is 9.80 Å². The van der Waals surface area contributed by atoms with E-state index in [1.54, 1.807) is 12.1 Å². The van der Waals surface area contributed by atoms with Crippen LogP contribution in [-0.4, -0.2) is 52.6 Å². The molecule has 1 fully saturated rings. The number of benzene rings is 16. The van der Waals surface area contributed by atoms with Crippen LogP contribution in [0.1, 0.15) is 119 Å². The quantitative estimate of drug-likeness (QED) is 0.0696. The first-order valence-electron chi connectivity index (χ1n) is 42.0. The predicted octanol–water partition coefficient (Wildman–Crippen LogP) is 28.1. The number of anilines is 6. The number of nitrogens with zero attached hydrogens (tertiary/aromatic N) is 4. The van der Waals surface area contributed by atoms with E-state index < -0.39 is 7.12 Å². The number of rotatable bonds is 16. The molecule has 0 radical (unpaired) electrons. The maximum atomic E-state index is 11.9. The van der Waals surface area contributed by atoms with Crippen LogP contribution in [-0.2, 0) is 20.1 Å². The van der Waals surface area contributed by atoms with E-state index in [-0.39, 0.29) is 22.0 Å². The molecule has 18 aromatic rings. The van der Waals surface area contributed by atoms with Gasteiger partial charge in [-0.15, -0.1) is 0 Å². The molecule has 21 rings (SSSR count). The number of carbonyl (C=O) groups is 4. The van der Waals surface area contributed by atoms with Gasteiger partial charge in [0.2, 0.25) is 0 Å². The zero-order valence-electron chi connectivity index (χ0n) is 70.1. The Morgan fingerprint density at radius 1 is 0.274 bits per heavy atom. The molecular weight excluding hydrogens is 1590 g/mol. The molecule has 0 atom stereocenters. The van der Waals surface area contributed by atoms with Crippen LogP contribution < -0.4 is 15.3 Å². The fourth-order valence-corrected chi connectivity index (χ4v) is 18.7. The van der Waals surface area contributed by atoms with Crippen molar-refractivity contribution >= 4 is 131 Å². The number of hydrogen-bond donors (Lipinski definition) is 0. The zero-order valence-corrected chi connectivity index (χ0v) is 71.7. The average molecular weight is 1680 g/mol. The molecule has 1 aliphatic heterocycles. The summed E-state index contributed by atoms with van der Waals surface area (Å²) in [6, 6.07) is 127. The Morgan fingerprint density at radius 2 is 0.581 bits per heavy atom. The zero-order chi connectivity index (χ0) is 85.3. The Kier molecular flexibility index (Phi) is 20.6. The fraction of sp³-hybridized carbons (Fsp3) is 0.107. The van der Waals surface area contributed by atoms with Gasteiger partial charge < -0.3 is 28.2 Å². The van der Waals surface area contributed by atoms with Crippen molar-refractivity contribution in [3.8, 4) is 67.0 Å². The maximum Gasteiger partial charge on any atom is 0.494 e. The summed E-state index contributed by atoms with van der Waals surface area (Å²) >= 11 is 3.52. The summed E-state index contributed by atoms with van der Waals surface area (Å²) in [5.74, 6) is 0. The summed E-state index contributed by atoms with van der Waals surface area (Å²) in [7, 11) is -0.392. The number of carbonyl (C=O) groups excluding carboxylic acids is 4. The van der Waals surface area contributed by atoms with Crippen LogP contribution in [0.4, 0.5) is 34.1 Å². The Morgan fingerprint density at radius 3 is 0.984 bits per heavy atom. The standard InChI is InChI=1S/C53H38N2O2.C39H38BNO2.C20H12BrNO2/c1-53(2)49-11-7-6-10-45(49)46-27-26-44(32-50(46)53)54(41-22-15-38(16-23-41)37-8-4-3-5-9-37)42-24-17-39(18-25-42)40-19-29-52-48(31-40)47-30-36(34-57)14-28-51(47)55(52)43-20-12-35(33-56)13-21-43;1-37(2)35-15-11-10-14-33(35)34-25-24-32(26-36(34)37)41(30-20-16-28(17-21-30)27-12-8-7-9-13-27)31-22-18-29(19-23-31)40-42-38(3,4)39(5,6)43-40;21-15-4-8-20-18(10-15)17-9-14(12-24)3-7-19(17)22(20)16-5-1-13(11-23)2-6-16/h3-34H,1-2H3;7-26H,1-6H3;1-12H. The van der Waals surface area contributed by atoms with Crippen LogP contribution in [0.2, 0.25) is 0 Å². The summed E-state index contributed by atoms with van der Waals surface area (Å²) in [5, 5.41) is 4.15. The monoisotopic (exact) mass is 1670 g/mol. The molecule has 0 unspecified atom stereocenters. The predicted molar refractivity (Wildman–Crippen MR) is 514 cm³/mol. The second kappa shape index (κ2) is 32.0. The molecule has 3 heterocycles. The first-order valence-corrected chi connectivity index (χ1v) is 42.8. The highest BCUT2D eigenvalue weighted by Crippen LogP contribution is 2.53. The van der Waals surface area contributed by atoms with Crippen LogP contribution >= 0.6 is 15.9 Å². The second-order valence-electron chi connectivity index (χ2n) is 34.3. The highest BCUT2D eigenvalue weighted by Gasteiger charge is 2.52. The molecule has 0 N–H and O–H groups in total. The number of aromatic nitrogens is 2. The van der Waals surface area contributed by atoms with Gasteiger partial charge in [-0.25, -0.2) is 0 Å². The van der Waals surface area contributed by atoms with Gasteiger partial charge in [0.05, 0.1) is 33.3 Å². The normalized spacial score (nSPS) is 14.0. The Hall–Kier alpha value is -14.1. The third-order valence-electron chi connectivity index (χ3n) is 25.6. The first kappa shape index (κ1) is 79.6. The van der Waals surface area contributed by atoms with Crippen LogP contribution in [0.25, 0.3) is 111 Å². The van der Waals surface area contributed by atoms with Crippen molar-refractivity contribution in [2.45, 2.75) is 77.4 Å². The van der Waals surface area contributed by atoms with Gasteiger partial charge in [-0.2, -0.15) is 0 Å². The van der Waals surface area contributed by atoms with Crippen molar-refractivity contribution in [1.82, 2.24) is 9.13 Å². The SMILES string of the molecule is CC1(C)c2ccccc2-c2ccc(N(c3ccc(-c4ccccc4)cc3)c3ccc(-c4ccc5c(c4)c4cc(C=O)ccc4n5-c4ccc(C=O)cc4)cc3)cc21.CC1(C)c2ccccc2-c2ccc(N(c3ccc(B4OC(C)(C)C(C)(C)O4)cc3)c3ccc(-c4ccccc4)cc3)cc21.O=Cc1ccc(-n2c3ccc(Br)cc3c3cc(C=O)ccc32)cc1. The van der Waals surface area contributed by atoms with E-state index in [1.807, 2.05) is 91.0 Å². The van der Waals surface area contributed by atoms with E-state index in [0.29, 0.717) is 22.3 Å². The molecule has 602 valence electrons. The Labute approximate surface area is 731 Å². The lowest BCUT2D eigenvalue weighted by atomic mass is 9.79. The highest BCUT2D eigenvalue weighted by molar-refractivity contribution is 9.10. The summed E-state index contributed by atoms with van der Waals surface area (Å²) in [5.41, 5.74) is 32.8. The van der Waals surface area contributed by atoms with E-state index in [0.717, 1.165) is 135 Å². The minimum atomic E-state index is -0.392. The largest absolute Gasteiger partial charge is 0.494 e. The number of aldehydes is 4. The molecule has 1 saturated heterocycles. The maximum absolute atomic E-state index is 11.9. The molecule has 0 amide bonds. The van der Waals surface area contributed by atoms with Crippen molar-refractivity contribution in [3.05, 3.63) is 413 Å². The van der Waals surface area contributed by atoms with Crippen molar-refractivity contribution < 1.29 is 28.5 Å². The molecule has 0 saturated carbocycles. The lowest BCUT2D eigenvalue weighted by Gasteiger charge is -2.32. The minimum absolute atomic E-state index is 0.0780. The lowest BCUT2D eigenvalue weighted by Crippen LogP contribution is -2.41. The molecule has 3 aliphatic rings. The molecule has 124 heavy (non-hydrogen) atoms. The van der Waals surface area contributed by atoms with Gasteiger partial charge >= 0.3 is 7.12 Å². The van der Waals surface area contributed by atoms with Crippen molar-refractivity contribution in [1.29, 1.82) is 0 Å². The Bertz CT molecular complexity index is 7160. The molecular formula is C112H88BBrN4O6. The number of halogens is 1. The van der Waals surface area contributed by atoms with Crippen LogP contribution in [0.15, 0.2) is 368 Å². The molecule has 2 aromatic heterocycles. The molecule has 12 heteroatoms. The third kappa shape index (κ3) is 14.4. The Balaban J connectivity index is 0.000000132. The van der Waals surface area contributed by atoms with E-state index >= 15 is 0 Å². The lowest BCUT2D eigenvalue weighted by molar-refractivity contribution is 0.00578. The molecule has 16 aromatic carbocycles. The van der Waals surface area contributed by atoms with E-state index in [2.05, 4.69) is 351 Å². The van der Waals surface area contributed by atoms with E-state index in [9.17, 15) is 19.2 Å². The van der Waals surface area contributed by atoms with Crippen molar-refractivity contribution in [2.24, 2.45) is 0 Å². The van der Waals surface area contributed by atoms with Gasteiger partial charge in [-0.05, 0) is 299 Å². The molecule has 0 bridgehead atoms. The van der Waals surface area contributed by atoms with Gasteiger partial charge in [0.15, 0.2) is 0 Å². The van der Waals surface area contributed by atoms with Crippen LogP contribution in [0.5, 0.6) is 0 Å². The first-order chi connectivity index (χ1) is 60.2. The second-order valence-corrected chi connectivity index (χ2v) is 35.2. The topological polar surface area (TPSA) is 103 Å². The molecule has 2 aliphatic carbocycles. The smallest absolute Gasteiger partial charge is 0.399 e. The van der Waals surface area contributed by atoms with Gasteiger partial charge in [0.25, 0.3) is 0 Å². The highest BCUT2D eigenvalue weighted by atomic mass is 79.9. The summed E-state index contributed by atoms with van der Waals surface area (Å²) in [4.78, 5) is 50.0. The molecule has 10 nitrogen and oxygen atoms in total. The summed E-state index contributed by atoms with van der Waals surface area (Å²) < 4.78 is 18.0. The van der Waals surface area contributed by atoms with Gasteiger partial charge in [-0.1, -0.05) is 220 Å². The third-order valence-corrected chi connectivity index (χ3v) is 26.1. The van der Waals surface area contributed by atoms with Crippen LogP contribution in [0.3, 0.4) is 0 Å². The van der Waals surface area contributed by atoms with Crippen LogP contribution in [0, 0.1) is 0 Å². The fourth-order valence-electron chi connectivity index (χ4n) is 18.3.